The van der Waals surface area contributed by atoms with Gasteiger partial charge in [0.25, 0.3) is 0 Å². The lowest BCUT2D eigenvalue weighted by Gasteiger charge is -2.06. The number of phenols is 2. The van der Waals surface area contributed by atoms with E-state index in [4.69, 9.17) is 0 Å². The van der Waals surface area contributed by atoms with E-state index in [9.17, 15) is 10.2 Å². The van der Waals surface area contributed by atoms with Crippen molar-refractivity contribution < 1.29 is 10.2 Å². The highest BCUT2D eigenvalue weighted by molar-refractivity contribution is 5.89. The molecule has 0 radical (unpaired) electrons. The third-order valence-electron chi connectivity index (χ3n) is 2.58. The van der Waals surface area contributed by atoms with Gasteiger partial charge in [0.05, 0.1) is 0 Å². The molecule has 2 rings (SSSR count). The van der Waals surface area contributed by atoms with Crippen LogP contribution in [-0.4, -0.2) is 10.2 Å². The van der Waals surface area contributed by atoms with E-state index >= 15 is 0 Å². The molecular weight excluding hydrogens is 176 g/mol. The van der Waals surface area contributed by atoms with Crippen LogP contribution in [0.4, 0.5) is 0 Å². The van der Waals surface area contributed by atoms with Gasteiger partial charge < -0.3 is 10.2 Å². The molecule has 0 bridgehead atoms. The zero-order valence-electron chi connectivity index (χ0n) is 8.20. The van der Waals surface area contributed by atoms with Crippen LogP contribution in [0.2, 0.25) is 0 Å². The number of benzene rings is 2. The summed E-state index contributed by atoms with van der Waals surface area (Å²) in [5.74, 6) is 0.588. The monoisotopic (exact) mass is 188 g/mol. The Hall–Kier alpha value is -1.70. The number of aromatic hydroxyl groups is 2. The van der Waals surface area contributed by atoms with E-state index in [0.717, 1.165) is 21.9 Å². The zero-order chi connectivity index (χ0) is 10.3. The first kappa shape index (κ1) is 8.88. The fourth-order valence-electron chi connectivity index (χ4n) is 1.61. The van der Waals surface area contributed by atoms with Crippen molar-refractivity contribution in [3.63, 3.8) is 0 Å². The number of hydrogen-bond donors (Lipinski definition) is 2. The quantitative estimate of drug-likeness (QED) is 0.667. The first-order chi connectivity index (χ1) is 6.59. The van der Waals surface area contributed by atoms with E-state index in [1.54, 1.807) is 18.2 Å². The van der Waals surface area contributed by atoms with Crippen molar-refractivity contribution in [2.75, 3.05) is 0 Å². The second kappa shape index (κ2) is 2.91. The molecule has 14 heavy (non-hydrogen) atoms. The Morgan fingerprint density at radius 2 is 1.64 bits per heavy atom. The Kier molecular flexibility index (Phi) is 1.84. The Labute approximate surface area is 82.4 Å². The SMILES string of the molecule is Cc1cc2c(C)c(O)ccc2cc1O. The van der Waals surface area contributed by atoms with Crippen LogP contribution in [-0.2, 0) is 0 Å². The van der Waals surface area contributed by atoms with Crippen molar-refractivity contribution in [3.8, 4) is 11.5 Å². The van der Waals surface area contributed by atoms with Gasteiger partial charge in [-0.25, -0.2) is 0 Å². The second-order valence-electron chi connectivity index (χ2n) is 3.57. The molecule has 0 saturated carbocycles. The maximum Gasteiger partial charge on any atom is 0.119 e. The molecule has 0 saturated heterocycles. The van der Waals surface area contributed by atoms with Crippen LogP contribution >= 0.6 is 0 Å². The molecule has 0 fully saturated rings. The van der Waals surface area contributed by atoms with Gasteiger partial charge in [-0.15, -0.1) is 0 Å². The van der Waals surface area contributed by atoms with Gasteiger partial charge in [0.15, 0.2) is 0 Å². The van der Waals surface area contributed by atoms with Gasteiger partial charge in [0.1, 0.15) is 11.5 Å². The summed E-state index contributed by atoms with van der Waals surface area (Å²) >= 11 is 0. The molecule has 0 heterocycles. The Morgan fingerprint density at radius 1 is 0.929 bits per heavy atom. The van der Waals surface area contributed by atoms with Crippen LogP contribution in [0.15, 0.2) is 24.3 Å². The number of rotatable bonds is 0. The summed E-state index contributed by atoms with van der Waals surface area (Å²) in [7, 11) is 0. The van der Waals surface area contributed by atoms with Gasteiger partial charge >= 0.3 is 0 Å². The largest absolute Gasteiger partial charge is 0.508 e. The van der Waals surface area contributed by atoms with Crippen LogP contribution in [0, 0.1) is 13.8 Å². The van der Waals surface area contributed by atoms with Gasteiger partial charge in [-0.1, -0.05) is 6.07 Å². The van der Waals surface area contributed by atoms with Crippen LogP contribution in [0.5, 0.6) is 11.5 Å². The minimum Gasteiger partial charge on any atom is -0.508 e. The first-order valence-corrected chi connectivity index (χ1v) is 4.51. The average molecular weight is 188 g/mol. The zero-order valence-corrected chi connectivity index (χ0v) is 8.20. The molecule has 0 aliphatic heterocycles. The van der Waals surface area contributed by atoms with Crippen molar-refractivity contribution in [1.29, 1.82) is 0 Å². The van der Waals surface area contributed by atoms with E-state index in [2.05, 4.69) is 0 Å². The minimum absolute atomic E-state index is 0.294. The molecule has 0 atom stereocenters. The predicted molar refractivity (Wildman–Crippen MR) is 56.8 cm³/mol. The van der Waals surface area contributed by atoms with Crippen LogP contribution < -0.4 is 0 Å². The number of phenolic OH excluding ortho intramolecular Hbond substituents is 2. The highest BCUT2D eigenvalue weighted by atomic mass is 16.3. The lowest BCUT2D eigenvalue weighted by molar-refractivity contribution is 0.470. The molecule has 0 aromatic heterocycles. The molecule has 0 aliphatic carbocycles. The van der Waals surface area contributed by atoms with Gasteiger partial charge in [-0.3, -0.25) is 0 Å². The molecule has 0 unspecified atom stereocenters. The normalized spacial score (nSPS) is 10.7. The Bertz CT molecular complexity index is 501. The van der Waals surface area contributed by atoms with Crippen molar-refractivity contribution in [2.45, 2.75) is 13.8 Å². The summed E-state index contributed by atoms with van der Waals surface area (Å²) in [4.78, 5) is 0. The summed E-state index contributed by atoms with van der Waals surface area (Å²) < 4.78 is 0. The van der Waals surface area contributed by atoms with E-state index < -0.39 is 0 Å². The number of hydrogen-bond acceptors (Lipinski definition) is 2. The van der Waals surface area contributed by atoms with Gasteiger partial charge in [0, 0.05) is 0 Å². The fraction of sp³-hybridized carbons (Fsp3) is 0.167. The molecule has 0 amide bonds. The lowest BCUT2D eigenvalue weighted by atomic mass is 10.0. The minimum atomic E-state index is 0.294. The highest BCUT2D eigenvalue weighted by Gasteiger charge is 2.04. The van der Waals surface area contributed by atoms with Crippen LogP contribution in [0.1, 0.15) is 11.1 Å². The summed E-state index contributed by atoms with van der Waals surface area (Å²) in [5, 5.41) is 21.0. The third kappa shape index (κ3) is 1.20. The molecule has 72 valence electrons. The second-order valence-corrected chi connectivity index (χ2v) is 3.57. The molecule has 2 N–H and O–H groups in total. The van der Waals surface area contributed by atoms with Crippen molar-refractivity contribution in [1.82, 2.24) is 0 Å². The standard InChI is InChI=1S/C12H12O2/c1-7-5-10-8(2)11(13)4-3-9(10)6-12(7)14/h3-6,13-14H,1-2H3. The van der Waals surface area contributed by atoms with Crippen LogP contribution in [0.25, 0.3) is 10.8 Å². The average Bonchev–Trinajstić information content (AvgIpc) is 2.15. The van der Waals surface area contributed by atoms with Crippen LogP contribution in [0.3, 0.4) is 0 Å². The summed E-state index contributed by atoms with van der Waals surface area (Å²) in [6.07, 6.45) is 0. The van der Waals surface area contributed by atoms with Gasteiger partial charge in [0.2, 0.25) is 0 Å². The van der Waals surface area contributed by atoms with Gasteiger partial charge in [-0.2, -0.15) is 0 Å². The lowest BCUT2D eigenvalue weighted by Crippen LogP contribution is -1.82. The molecule has 0 spiro atoms. The van der Waals surface area contributed by atoms with Crippen molar-refractivity contribution >= 4 is 10.8 Å². The van der Waals surface area contributed by atoms with E-state index in [1.165, 1.54) is 0 Å². The third-order valence-corrected chi connectivity index (χ3v) is 2.58. The van der Waals surface area contributed by atoms with Gasteiger partial charge in [-0.05, 0) is 53.9 Å². The van der Waals surface area contributed by atoms with E-state index in [0.29, 0.717) is 11.5 Å². The molecule has 2 aromatic carbocycles. The summed E-state index contributed by atoms with van der Waals surface area (Å²) in [6.45, 7) is 3.71. The maximum atomic E-state index is 9.51. The Balaban J connectivity index is 2.89. The first-order valence-electron chi connectivity index (χ1n) is 4.51. The van der Waals surface area contributed by atoms with E-state index in [-0.39, 0.29) is 0 Å². The maximum absolute atomic E-state index is 9.51. The van der Waals surface area contributed by atoms with Crippen molar-refractivity contribution in [3.05, 3.63) is 35.4 Å². The molecule has 2 nitrogen and oxygen atoms in total. The summed E-state index contributed by atoms with van der Waals surface area (Å²) in [5.41, 5.74) is 1.68. The smallest absolute Gasteiger partial charge is 0.119 e. The van der Waals surface area contributed by atoms with Crippen molar-refractivity contribution in [2.24, 2.45) is 0 Å². The fourth-order valence-corrected chi connectivity index (χ4v) is 1.61. The number of aryl methyl sites for hydroxylation is 2. The Morgan fingerprint density at radius 3 is 2.36 bits per heavy atom. The summed E-state index contributed by atoms with van der Waals surface area (Å²) in [6, 6.07) is 7.06. The number of fused-ring (bicyclic) bond motifs is 1. The topological polar surface area (TPSA) is 40.5 Å². The molecule has 2 aromatic rings. The van der Waals surface area contributed by atoms with E-state index in [1.807, 2.05) is 19.9 Å². The predicted octanol–water partition coefficient (Wildman–Crippen LogP) is 2.87. The molecule has 0 aliphatic rings. The highest BCUT2D eigenvalue weighted by Crippen LogP contribution is 2.30. The molecule has 2 heteroatoms. The molecular formula is C12H12O2.